The maximum Gasteiger partial charge on any atom is 0.342 e. The van der Waals surface area contributed by atoms with Gasteiger partial charge in [-0.3, -0.25) is 4.99 Å². The topological polar surface area (TPSA) is 72.0 Å². The molecule has 0 unspecified atom stereocenters. The lowest BCUT2D eigenvalue weighted by Crippen LogP contribution is -2.06. The zero-order valence-corrected chi connectivity index (χ0v) is 17.5. The molecule has 0 atom stereocenters. The Morgan fingerprint density at radius 3 is 2.80 bits per heavy atom. The van der Waals surface area contributed by atoms with E-state index >= 15 is 0 Å². The van der Waals surface area contributed by atoms with Crippen LogP contribution in [0.2, 0.25) is 0 Å². The Bertz CT molecular complexity index is 1150. The van der Waals surface area contributed by atoms with Gasteiger partial charge in [-0.1, -0.05) is 35.9 Å². The summed E-state index contributed by atoms with van der Waals surface area (Å²) in [4.78, 5) is 17.3. The van der Waals surface area contributed by atoms with Gasteiger partial charge in [0.05, 0.1) is 6.61 Å². The molecule has 0 radical (unpaired) electrons. The summed E-state index contributed by atoms with van der Waals surface area (Å²) in [6.07, 6.45) is 9.74. The summed E-state index contributed by atoms with van der Waals surface area (Å²) in [5.41, 5.74) is 2.88. The van der Waals surface area contributed by atoms with Crippen LogP contribution < -0.4 is 0 Å². The number of phenols is 1. The van der Waals surface area contributed by atoms with Crippen LogP contribution in [0.4, 0.5) is 0 Å². The van der Waals surface area contributed by atoms with Crippen molar-refractivity contribution < 1.29 is 19.1 Å². The van der Waals surface area contributed by atoms with Gasteiger partial charge in [-0.2, -0.15) is 0 Å². The van der Waals surface area contributed by atoms with E-state index in [9.17, 15) is 9.90 Å². The predicted octanol–water partition coefficient (Wildman–Crippen LogP) is 6.09. The van der Waals surface area contributed by atoms with Crippen molar-refractivity contribution in [1.29, 1.82) is 0 Å². The standard InChI is InChI=1S/C25H27NO4/c1-3-29-25(28)21-16(2)30-24-19-12-8-7-11-18(19)23(27)20(22(21)24)15-26-14-13-17-9-5-4-6-10-17/h7-9,11-12,15,27H,3-6,10,13-14H2,1-2H3. The minimum Gasteiger partial charge on any atom is -0.507 e. The molecule has 5 heteroatoms. The first kappa shape index (κ1) is 20.2. The molecule has 0 saturated heterocycles. The van der Waals surface area contributed by atoms with E-state index in [2.05, 4.69) is 11.1 Å². The van der Waals surface area contributed by atoms with Crippen LogP contribution in [-0.4, -0.2) is 30.4 Å². The first-order chi connectivity index (χ1) is 14.6. The maximum atomic E-state index is 12.7. The van der Waals surface area contributed by atoms with Gasteiger partial charge < -0.3 is 14.3 Å². The number of aliphatic imine (C=N–C) groups is 1. The van der Waals surface area contributed by atoms with Crippen LogP contribution in [0, 0.1) is 6.92 Å². The quantitative estimate of drug-likeness (QED) is 0.306. The van der Waals surface area contributed by atoms with E-state index in [-0.39, 0.29) is 12.4 Å². The molecule has 0 bridgehead atoms. The number of allylic oxidation sites excluding steroid dienone is 1. The first-order valence-corrected chi connectivity index (χ1v) is 10.6. The summed E-state index contributed by atoms with van der Waals surface area (Å²) in [7, 11) is 0. The van der Waals surface area contributed by atoms with E-state index in [1.807, 2.05) is 24.3 Å². The highest BCUT2D eigenvalue weighted by atomic mass is 16.5. The molecule has 3 aromatic rings. The van der Waals surface area contributed by atoms with Crippen molar-refractivity contribution in [3.63, 3.8) is 0 Å². The number of phenolic OH excluding ortho intramolecular Hbond substituents is 1. The normalized spacial score (nSPS) is 14.5. The predicted molar refractivity (Wildman–Crippen MR) is 120 cm³/mol. The third kappa shape index (κ3) is 3.72. The third-order valence-electron chi connectivity index (χ3n) is 5.68. The molecule has 30 heavy (non-hydrogen) atoms. The molecule has 5 nitrogen and oxygen atoms in total. The minimum atomic E-state index is -0.453. The summed E-state index contributed by atoms with van der Waals surface area (Å²) in [5.74, 6) is 0.122. The van der Waals surface area contributed by atoms with Crippen LogP contribution in [0.3, 0.4) is 0 Å². The molecule has 0 amide bonds. The number of rotatable bonds is 6. The number of fused-ring (bicyclic) bond motifs is 3. The molecular formula is C25H27NO4. The van der Waals surface area contributed by atoms with Crippen molar-refractivity contribution >= 4 is 33.9 Å². The molecular weight excluding hydrogens is 378 g/mol. The molecule has 2 aromatic carbocycles. The summed E-state index contributed by atoms with van der Waals surface area (Å²) in [5, 5.41) is 13.0. The number of carbonyl (C=O) groups excluding carboxylic acids is 1. The fourth-order valence-corrected chi connectivity index (χ4v) is 4.21. The highest BCUT2D eigenvalue weighted by Gasteiger charge is 2.25. The SMILES string of the molecule is CCOC(=O)c1c(C)oc2c1c(C=NCCC1=CCCCC1)c(O)c1ccccc12. The molecule has 4 rings (SSSR count). The second-order valence-electron chi connectivity index (χ2n) is 7.66. The van der Waals surface area contributed by atoms with Crippen LogP contribution >= 0.6 is 0 Å². The van der Waals surface area contributed by atoms with Crippen LogP contribution in [0.15, 0.2) is 45.3 Å². The van der Waals surface area contributed by atoms with Crippen molar-refractivity contribution in [1.82, 2.24) is 0 Å². The van der Waals surface area contributed by atoms with Gasteiger partial charge in [-0.15, -0.1) is 0 Å². The van der Waals surface area contributed by atoms with Gasteiger partial charge in [-0.25, -0.2) is 4.79 Å². The van der Waals surface area contributed by atoms with Crippen molar-refractivity contribution in [2.45, 2.75) is 46.0 Å². The number of carbonyl (C=O) groups is 1. The Kier molecular flexibility index (Phi) is 5.88. The number of esters is 1. The van der Waals surface area contributed by atoms with E-state index in [0.29, 0.717) is 39.8 Å². The van der Waals surface area contributed by atoms with Gasteiger partial charge in [0.1, 0.15) is 22.7 Å². The number of aryl methyl sites for hydroxylation is 1. The summed E-state index contributed by atoms with van der Waals surface area (Å²) in [6.45, 7) is 4.42. The summed E-state index contributed by atoms with van der Waals surface area (Å²) >= 11 is 0. The van der Waals surface area contributed by atoms with E-state index in [1.54, 1.807) is 20.1 Å². The lowest BCUT2D eigenvalue weighted by molar-refractivity contribution is 0.0526. The van der Waals surface area contributed by atoms with Crippen LogP contribution in [0.5, 0.6) is 5.75 Å². The average Bonchev–Trinajstić information content (AvgIpc) is 3.11. The Morgan fingerprint density at radius 2 is 2.07 bits per heavy atom. The van der Waals surface area contributed by atoms with Crippen molar-refractivity contribution in [3.05, 3.63) is 52.8 Å². The zero-order valence-electron chi connectivity index (χ0n) is 17.5. The largest absolute Gasteiger partial charge is 0.507 e. The second-order valence-corrected chi connectivity index (χ2v) is 7.66. The van der Waals surface area contributed by atoms with Crippen LogP contribution in [0.1, 0.15) is 60.7 Å². The molecule has 1 aliphatic rings. The highest BCUT2D eigenvalue weighted by molar-refractivity contribution is 6.21. The number of hydrogen-bond donors (Lipinski definition) is 1. The van der Waals surface area contributed by atoms with Crippen LogP contribution in [-0.2, 0) is 4.74 Å². The molecule has 1 aromatic heterocycles. The van der Waals surface area contributed by atoms with Crippen molar-refractivity contribution in [3.8, 4) is 5.75 Å². The fourth-order valence-electron chi connectivity index (χ4n) is 4.21. The zero-order chi connectivity index (χ0) is 21.1. The van der Waals surface area contributed by atoms with Gasteiger partial charge in [0, 0.05) is 34.5 Å². The molecule has 0 saturated carbocycles. The maximum absolute atomic E-state index is 12.7. The fraction of sp³-hybridized carbons (Fsp3) is 0.360. The van der Waals surface area contributed by atoms with Gasteiger partial charge in [0.25, 0.3) is 0 Å². The molecule has 0 fully saturated rings. The molecule has 0 spiro atoms. The average molecular weight is 405 g/mol. The second kappa shape index (κ2) is 8.74. The molecule has 1 N–H and O–H groups in total. The van der Waals surface area contributed by atoms with Gasteiger partial charge in [0.15, 0.2) is 0 Å². The lowest BCUT2D eigenvalue weighted by Gasteiger charge is -2.11. The number of furan rings is 1. The van der Waals surface area contributed by atoms with E-state index < -0.39 is 5.97 Å². The monoisotopic (exact) mass is 405 g/mol. The molecule has 1 aliphatic carbocycles. The first-order valence-electron chi connectivity index (χ1n) is 10.6. The van der Waals surface area contributed by atoms with E-state index in [1.165, 1.54) is 18.4 Å². The number of nitrogens with zero attached hydrogens (tertiary/aromatic N) is 1. The van der Waals surface area contributed by atoms with Crippen molar-refractivity contribution in [2.24, 2.45) is 4.99 Å². The number of benzene rings is 2. The highest BCUT2D eigenvalue weighted by Crippen LogP contribution is 2.40. The number of aromatic hydroxyl groups is 1. The molecule has 1 heterocycles. The molecule has 156 valence electrons. The van der Waals surface area contributed by atoms with Gasteiger partial charge in [0.2, 0.25) is 0 Å². The van der Waals surface area contributed by atoms with Gasteiger partial charge >= 0.3 is 5.97 Å². The smallest absolute Gasteiger partial charge is 0.342 e. The van der Waals surface area contributed by atoms with E-state index in [4.69, 9.17) is 9.15 Å². The third-order valence-corrected chi connectivity index (χ3v) is 5.68. The minimum absolute atomic E-state index is 0.102. The van der Waals surface area contributed by atoms with Crippen LogP contribution in [0.25, 0.3) is 21.7 Å². The Labute approximate surface area is 176 Å². The Balaban J connectivity index is 1.81. The Morgan fingerprint density at radius 1 is 1.27 bits per heavy atom. The summed E-state index contributed by atoms with van der Waals surface area (Å²) in [6, 6.07) is 7.48. The van der Waals surface area contributed by atoms with Crippen molar-refractivity contribution in [2.75, 3.05) is 13.2 Å². The lowest BCUT2D eigenvalue weighted by atomic mass is 9.97. The van der Waals surface area contributed by atoms with Gasteiger partial charge in [-0.05, 0) is 46.0 Å². The summed E-state index contributed by atoms with van der Waals surface area (Å²) < 4.78 is 11.2. The van der Waals surface area contributed by atoms with E-state index in [0.717, 1.165) is 24.6 Å². The Hall–Kier alpha value is -3.08. The molecule has 0 aliphatic heterocycles. The number of hydrogen-bond acceptors (Lipinski definition) is 5. The number of ether oxygens (including phenoxy) is 1.